The molecule has 0 amide bonds. The van der Waals surface area contributed by atoms with E-state index < -0.39 is 11.1 Å². The first-order chi connectivity index (χ1) is 9.77. The van der Waals surface area contributed by atoms with Crippen LogP contribution in [0.2, 0.25) is 0 Å². The van der Waals surface area contributed by atoms with Gasteiger partial charge in [-0.25, -0.2) is 4.98 Å². The number of rotatable bonds is 5. The highest BCUT2D eigenvalue weighted by Crippen LogP contribution is 2.35. The molecule has 1 N–H and O–H groups in total. The molecule has 2 rings (SSSR count). The first kappa shape index (κ1) is 15.8. The minimum atomic E-state index is -4.35. The average Bonchev–Trinajstić information content (AvgIpc) is 2.98. The third kappa shape index (κ3) is 3.94. The Labute approximate surface area is 124 Å². The Bertz CT molecular complexity index is 590. The summed E-state index contributed by atoms with van der Waals surface area (Å²) in [5.41, 5.74) is 0.989. The molecule has 9 heteroatoms. The van der Waals surface area contributed by atoms with Gasteiger partial charge in [0, 0.05) is 25.4 Å². The number of halogens is 3. The topological polar surface area (TPSA) is 46.0 Å². The molecule has 2 aromatic heterocycles. The maximum absolute atomic E-state index is 12.5. The van der Waals surface area contributed by atoms with Crippen LogP contribution in [0.15, 0.2) is 18.6 Å². The molecule has 0 saturated carbocycles. The van der Waals surface area contributed by atoms with Crippen LogP contribution in [0, 0.1) is 0 Å². The molecule has 0 radical (unpaired) electrons. The fourth-order valence-electron chi connectivity index (χ4n) is 1.88. The quantitative estimate of drug-likeness (QED) is 0.920. The highest BCUT2D eigenvalue weighted by Gasteiger charge is 2.33. The van der Waals surface area contributed by atoms with Gasteiger partial charge in [-0.2, -0.15) is 18.3 Å². The third-order valence-corrected chi connectivity index (χ3v) is 3.96. The highest BCUT2D eigenvalue weighted by molar-refractivity contribution is 7.15. The molecular weight excluding hydrogens is 303 g/mol. The Balaban J connectivity index is 2.04. The van der Waals surface area contributed by atoms with Gasteiger partial charge in [-0.3, -0.25) is 4.68 Å². The number of anilines is 1. The molecule has 116 valence electrons. The number of hydrogen-bond donors (Lipinski definition) is 1. The van der Waals surface area contributed by atoms with Gasteiger partial charge in [0.05, 0.1) is 18.4 Å². The lowest BCUT2D eigenvalue weighted by atomic mass is 10.1. The molecule has 0 aliphatic heterocycles. The smallest absolute Gasteiger partial charge is 0.360 e. The van der Waals surface area contributed by atoms with Crippen LogP contribution in [0.5, 0.6) is 0 Å². The SMILES string of the molecule is CN(C)C(CNc1ncc(C(F)(F)F)s1)c1cnn(C)c1. The predicted molar refractivity (Wildman–Crippen MR) is 75.2 cm³/mol. The normalized spacial score (nSPS) is 13.7. The Morgan fingerprint density at radius 2 is 2.10 bits per heavy atom. The van der Waals surface area contributed by atoms with E-state index in [-0.39, 0.29) is 11.2 Å². The van der Waals surface area contributed by atoms with Gasteiger partial charge in [-0.15, -0.1) is 0 Å². The fraction of sp³-hybridized carbons (Fsp3) is 0.500. The molecule has 1 unspecified atom stereocenters. The van der Waals surface area contributed by atoms with E-state index in [1.54, 1.807) is 10.9 Å². The van der Waals surface area contributed by atoms with E-state index in [0.717, 1.165) is 11.8 Å². The van der Waals surface area contributed by atoms with Crippen LogP contribution in [-0.4, -0.2) is 40.3 Å². The van der Waals surface area contributed by atoms with E-state index in [9.17, 15) is 13.2 Å². The summed E-state index contributed by atoms with van der Waals surface area (Å²) in [5.74, 6) is 0. The number of thiazole rings is 1. The molecule has 0 aromatic carbocycles. The van der Waals surface area contributed by atoms with E-state index in [1.807, 2.05) is 32.2 Å². The second-order valence-corrected chi connectivity index (χ2v) is 5.87. The van der Waals surface area contributed by atoms with Crippen LogP contribution in [0.4, 0.5) is 18.3 Å². The number of aryl methyl sites for hydroxylation is 1. The van der Waals surface area contributed by atoms with E-state index in [0.29, 0.717) is 17.9 Å². The molecule has 21 heavy (non-hydrogen) atoms. The second-order valence-electron chi connectivity index (χ2n) is 4.84. The van der Waals surface area contributed by atoms with Crippen molar-refractivity contribution in [3.63, 3.8) is 0 Å². The van der Waals surface area contributed by atoms with Gasteiger partial charge < -0.3 is 10.2 Å². The molecule has 0 spiro atoms. The van der Waals surface area contributed by atoms with Gasteiger partial charge in [0.15, 0.2) is 5.13 Å². The Hall–Kier alpha value is -1.61. The monoisotopic (exact) mass is 319 g/mol. The van der Waals surface area contributed by atoms with Gasteiger partial charge in [0.2, 0.25) is 0 Å². The standard InChI is InChI=1S/C12H16F3N5S/c1-19(2)9(8-4-18-20(3)7-8)5-16-11-17-6-10(21-11)12(13,14)15/h4,6-7,9H,5H2,1-3H3,(H,16,17). The van der Waals surface area contributed by atoms with Crippen molar-refractivity contribution in [2.75, 3.05) is 26.0 Å². The lowest BCUT2D eigenvalue weighted by Crippen LogP contribution is -2.26. The molecular formula is C12H16F3N5S. The number of alkyl halides is 3. The van der Waals surface area contributed by atoms with Gasteiger partial charge in [-0.1, -0.05) is 11.3 Å². The zero-order chi connectivity index (χ0) is 15.6. The molecule has 0 aliphatic carbocycles. The van der Waals surface area contributed by atoms with Gasteiger partial charge in [0.25, 0.3) is 0 Å². The fourth-order valence-corrected chi connectivity index (χ4v) is 2.57. The van der Waals surface area contributed by atoms with Crippen LogP contribution in [-0.2, 0) is 13.2 Å². The van der Waals surface area contributed by atoms with Crippen molar-refractivity contribution >= 4 is 16.5 Å². The first-order valence-electron chi connectivity index (χ1n) is 6.19. The maximum atomic E-state index is 12.5. The number of likely N-dealkylation sites (N-methyl/N-ethyl adjacent to an activating group) is 1. The number of hydrogen-bond acceptors (Lipinski definition) is 5. The van der Waals surface area contributed by atoms with Crippen LogP contribution in [0.25, 0.3) is 0 Å². The minimum Gasteiger partial charge on any atom is -0.360 e. The molecule has 0 aliphatic rings. The molecule has 5 nitrogen and oxygen atoms in total. The van der Waals surface area contributed by atoms with Crippen molar-refractivity contribution in [1.29, 1.82) is 0 Å². The molecule has 0 saturated heterocycles. The summed E-state index contributed by atoms with van der Waals surface area (Å²) in [6.45, 7) is 0.448. The van der Waals surface area contributed by atoms with Crippen molar-refractivity contribution in [2.45, 2.75) is 12.2 Å². The largest absolute Gasteiger partial charge is 0.427 e. The Morgan fingerprint density at radius 3 is 2.57 bits per heavy atom. The molecule has 2 heterocycles. The van der Waals surface area contributed by atoms with Crippen LogP contribution in [0.1, 0.15) is 16.5 Å². The molecule has 2 aromatic rings. The number of aromatic nitrogens is 3. The van der Waals surface area contributed by atoms with Crippen LogP contribution < -0.4 is 5.32 Å². The minimum absolute atomic E-state index is 0.00284. The summed E-state index contributed by atoms with van der Waals surface area (Å²) in [4.78, 5) is 5.03. The summed E-state index contributed by atoms with van der Waals surface area (Å²) in [5, 5.41) is 7.33. The summed E-state index contributed by atoms with van der Waals surface area (Å²) >= 11 is 0.607. The molecule has 1 atom stereocenters. The van der Waals surface area contributed by atoms with Crippen molar-refractivity contribution in [2.24, 2.45) is 7.05 Å². The van der Waals surface area contributed by atoms with Crippen LogP contribution in [0.3, 0.4) is 0 Å². The Morgan fingerprint density at radius 1 is 1.38 bits per heavy atom. The average molecular weight is 319 g/mol. The zero-order valence-corrected chi connectivity index (χ0v) is 12.7. The predicted octanol–water partition coefficient (Wildman–Crippen LogP) is 2.61. The van der Waals surface area contributed by atoms with E-state index >= 15 is 0 Å². The van der Waals surface area contributed by atoms with Crippen molar-refractivity contribution in [3.8, 4) is 0 Å². The maximum Gasteiger partial charge on any atom is 0.427 e. The summed E-state index contributed by atoms with van der Waals surface area (Å²) < 4.78 is 39.2. The van der Waals surface area contributed by atoms with Gasteiger partial charge in [0.1, 0.15) is 4.88 Å². The first-order valence-corrected chi connectivity index (χ1v) is 7.01. The molecule has 0 fully saturated rings. The lowest BCUT2D eigenvalue weighted by Gasteiger charge is -2.23. The van der Waals surface area contributed by atoms with E-state index in [2.05, 4.69) is 15.4 Å². The third-order valence-electron chi connectivity index (χ3n) is 2.96. The number of nitrogens with zero attached hydrogens (tertiary/aromatic N) is 4. The Kier molecular flexibility index (Phi) is 4.52. The summed E-state index contributed by atoms with van der Waals surface area (Å²) in [6, 6.07) is -0.00284. The van der Waals surface area contributed by atoms with E-state index in [4.69, 9.17) is 0 Å². The summed E-state index contributed by atoms with van der Waals surface area (Å²) in [6.07, 6.45) is 0.133. The summed E-state index contributed by atoms with van der Waals surface area (Å²) in [7, 11) is 5.63. The zero-order valence-electron chi connectivity index (χ0n) is 11.8. The van der Waals surface area contributed by atoms with Crippen molar-refractivity contribution in [3.05, 3.63) is 29.0 Å². The van der Waals surface area contributed by atoms with Crippen LogP contribution >= 0.6 is 11.3 Å². The number of nitrogens with one attached hydrogen (secondary N) is 1. The lowest BCUT2D eigenvalue weighted by molar-refractivity contribution is -0.134. The highest BCUT2D eigenvalue weighted by atomic mass is 32.1. The van der Waals surface area contributed by atoms with Crippen molar-refractivity contribution < 1.29 is 13.2 Å². The van der Waals surface area contributed by atoms with E-state index in [1.165, 1.54) is 0 Å². The van der Waals surface area contributed by atoms with Crippen molar-refractivity contribution in [1.82, 2.24) is 19.7 Å². The second kappa shape index (κ2) is 6.02. The van der Waals surface area contributed by atoms with Gasteiger partial charge >= 0.3 is 6.18 Å². The molecule has 0 bridgehead atoms. The van der Waals surface area contributed by atoms with Gasteiger partial charge in [-0.05, 0) is 14.1 Å².